The second kappa shape index (κ2) is 7.68. The summed E-state index contributed by atoms with van der Waals surface area (Å²) < 4.78 is 12.5. The van der Waals surface area contributed by atoms with Crippen molar-refractivity contribution in [1.82, 2.24) is 19.9 Å². The van der Waals surface area contributed by atoms with Gasteiger partial charge in [0.25, 0.3) is 0 Å². The van der Waals surface area contributed by atoms with E-state index in [1.165, 1.54) is 0 Å². The summed E-state index contributed by atoms with van der Waals surface area (Å²) in [6, 6.07) is 7.69. The molecule has 0 amide bonds. The van der Waals surface area contributed by atoms with Gasteiger partial charge in [-0.05, 0) is 19.3 Å². The lowest BCUT2D eigenvalue weighted by molar-refractivity contribution is 0.143. The van der Waals surface area contributed by atoms with Crippen LogP contribution in [0.1, 0.15) is 25.0 Å². The number of aliphatic hydroxyl groups excluding tert-OH is 1. The molecule has 0 bridgehead atoms. The van der Waals surface area contributed by atoms with Crippen LogP contribution in [-0.2, 0) is 17.2 Å². The van der Waals surface area contributed by atoms with Crippen LogP contribution < -0.4 is 5.32 Å². The Morgan fingerprint density at radius 1 is 1.07 bits per heavy atom. The van der Waals surface area contributed by atoms with Crippen LogP contribution in [0.5, 0.6) is 0 Å². The number of hydrogen-bond acceptors (Lipinski definition) is 7. The summed E-state index contributed by atoms with van der Waals surface area (Å²) in [4.78, 5) is 18.6. The van der Waals surface area contributed by atoms with Gasteiger partial charge in [0.05, 0.1) is 33.7 Å². The molecule has 2 N–H and O–H groups in total. The number of nitrogens with zero attached hydrogens (tertiary/aromatic N) is 4. The predicted molar refractivity (Wildman–Crippen MR) is 116 cm³/mol. The highest BCUT2D eigenvalue weighted by Gasteiger charge is 2.38. The van der Waals surface area contributed by atoms with Crippen molar-refractivity contribution in [3.63, 3.8) is 0 Å². The number of hydrogen-bond donors (Lipinski definition) is 2. The number of benzene rings is 1. The molecular formula is C21H20ClN5O2S. The number of aliphatic hydroxyl groups is 1. The molecule has 0 unspecified atom stereocenters. The van der Waals surface area contributed by atoms with Gasteiger partial charge in [-0.2, -0.15) is 0 Å². The fourth-order valence-corrected chi connectivity index (χ4v) is 5.22. The Hall–Kier alpha value is -2.42. The molecule has 1 fully saturated rings. The minimum Gasteiger partial charge on any atom is -0.394 e. The number of halogens is 1. The first-order valence-corrected chi connectivity index (χ1v) is 11.5. The number of nitrogens with one attached hydrogen (secondary N) is 1. The molecule has 30 heavy (non-hydrogen) atoms. The smallest absolute Gasteiger partial charge is 0.161 e. The van der Waals surface area contributed by atoms with E-state index in [0.29, 0.717) is 39.6 Å². The largest absolute Gasteiger partial charge is 0.394 e. The lowest BCUT2D eigenvalue weighted by atomic mass is 9.77. The lowest BCUT2D eigenvalue weighted by Crippen LogP contribution is -2.48. The van der Waals surface area contributed by atoms with Gasteiger partial charge in [-0.25, -0.2) is 19.9 Å². The van der Waals surface area contributed by atoms with Crippen molar-refractivity contribution in [3.05, 3.63) is 47.4 Å². The number of anilines is 1. The lowest BCUT2D eigenvalue weighted by Gasteiger charge is -2.41. The fourth-order valence-electron chi connectivity index (χ4n) is 3.82. The molecule has 1 aliphatic heterocycles. The van der Waals surface area contributed by atoms with E-state index in [0.717, 1.165) is 36.1 Å². The number of fused-ring (bicyclic) bond motifs is 1. The third-order valence-electron chi connectivity index (χ3n) is 5.71. The van der Waals surface area contributed by atoms with Crippen LogP contribution in [0.25, 0.3) is 22.8 Å². The summed E-state index contributed by atoms with van der Waals surface area (Å²) in [6.07, 6.45) is 6.61. The minimum absolute atomic E-state index is 0.0313. The number of rotatable bonds is 5. The van der Waals surface area contributed by atoms with Crippen molar-refractivity contribution in [1.29, 1.82) is 0 Å². The van der Waals surface area contributed by atoms with Crippen molar-refractivity contribution in [3.8, 4) is 22.8 Å². The van der Waals surface area contributed by atoms with Crippen LogP contribution in [0.2, 0.25) is 5.02 Å². The van der Waals surface area contributed by atoms with Crippen molar-refractivity contribution >= 4 is 28.2 Å². The monoisotopic (exact) mass is 441 g/mol. The predicted octanol–water partition coefficient (Wildman–Crippen LogP) is 3.24. The van der Waals surface area contributed by atoms with Gasteiger partial charge in [0.1, 0.15) is 10.7 Å². The van der Waals surface area contributed by atoms with Crippen LogP contribution in [-0.4, -0.2) is 47.2 Å². The molecule has 9 heteroatoms. The van der Waals surface area contributed by atoms with Gasteiger partial charge < -0.3 is 10.4 Å². The highest BCUT2D eigenvalue weighted by atomic mass is 35.5. The molecule has 2 aromatic heterocycles. The molecule has 0 radical (unpaired) electrons. The van der Waals surface area contributed by atoms with Crippen molar-refractivity contribution in [2.45, 2.75) is 36.1 Å². The summed E-state index contributed by atoms with van der Waals surface area (Å²) in [5.74, 6) is 2.31. The van der Waals surface area contributed by atoms with Gasteiger partial charge in [-0.15, -0.1) is 0 Å². The van der Waals surface area contributed by atoms with Crippen LogP contribution in [0.4, 0.5) is 5.82 Å². The Morgan fingerprint density at radius 2 is 1.73 bits per heavy atom. The molecule has 5 rings (SSSR count). The van der Waals surface area contributed by atoms with Crippen molar-refractivity contribution in [2.24, 2.45) is 0 Å². The Bertz CT molecular complexity index is 1110. The minimum atomic E-state index is -1.12. The van der Waals surface area contributed by atoms with Crippen LogP contribution in [0.3, 0.4) is 0 Å². The average Bonchev–Trinajstić information content (AvgIpc) is 3.12. The van der Waals surface area contributed by atoms with E-state index in [1.807, 2.05) is 24.3 Å². The van der Waals surface area contributed by atoms with E-state index in [4.69, 9.17) is 21.6 Å². The van der Waals surface area contributed by atoms with Crippen LogP contribution in [0, 0.1) is 0 Å². The zero-order chi connectivity index (χ0) is 20.7. The molecule has 0 spiro atoms. The molecule has 154 valence electrons. The van der Waals surface area contributed by atoms with Gasteiger partial charge in [0.15, 0.2) is 11.6 Å². The van der Waals surface area contributed by atoms with E-state index in [2.05, 4.69) is 15.3 Å². The van der Waals surface area contributed by atoms with E-state index in [1.54, 1.807) is 12.4 Å². The summed E-state index contributed by atoms with van der Waals surface area (Å²) in [5, 5.41) is 13.7. The van der Waals surface area contributed by atoms with Gasteiger partial charge in [0, 0.05) is 35.7 Å². The maximum absolute atomic E-state index is 12.5. The van der Waals surface area contributed by atoms with Gasteiger partial charge in [-0.1, -0.05) is 35.9 Å². The van der Waals surface area contributed by atoms with Crippen LogP contribution >= 0.6 is 11.6 Å². The highest BCUT2D eigenvalue weighted by Crippen LogP contribution is 2.38. The first-order valence-electron chi connectivity index (χ1n) is 9.84. The molecular weight excluding hydrogens is 422 g/mol. The Kier molecular flexibility index (Phi) is 5.00. The standard InChI is InChI=1S/C21H20ClN5O2S/c22-15-10-23-18(24-11-15)13-2-4-14(5-3-13)19-25-16-6-9-30(29)17(16)20(26-19)27-21(12-28)7-1-8-21/h2-5,10-11,28H,1,6-9,12H2,(H,25,26,27)/t30-/m0/s1. The summed E-state index contributed by atoms with van der Waals surface area (Å²) in [7, 11) is -1.12. The average molecular weight is 442 g/mol. The van der Waals surface area contributed by atoms with E-state index in [-0.39, 0.29) is 12.1 Å². The molecule has 3 aromatic rings. The fraction of sp³-hybridized carbons (Fsp3) is 0.333. The molecule has 1 saturated carbocycles. The molecule has 1 aliphatic carbocycles. The SMILES string of the molecule is O=[S@]1CCc2nc(-c3ccc(-c4ncc(Cl)cn4)cc3)nc(NC3(CO)CCC3)c21. The Balaban J connectivity index is 1.51. The maximum Gasteiger partial charge on any atom is 0.161 e. The highest BCUT2D eigenvalue weighted by molar-refractivity contribution is 7.85. The van der Waals surface area contributed by atoms with E-state index in [9.17, 15) is 9.32 Å². The van der Waals surface area contributed by atoms with Gasteiger partial charge in [-0.3, -0.25) is 4.21 Å². The first kappa shape index (κ1) is 19.5. The first-order chi connectivity index (χ1) is 14.6. The molecule has 1 aromatic carbocycles. The Labute approximate surface area is 181 Å². The number of aryl methyl sites for hydroxylation is 1. The van der Waals surface area contributed by atoms with Crippen molar-refractivity contribution in [2.75, 3.05) is 17.7 Å². The zero-order valence-electron chi connectivity index (χ0n) is 16.1. The van der Waals surface area contributed by atoms with Gasteiger partial charge in [0.2, 0.25) is 0 Å². The molecule has 1 atom stereocenters. The maximum atomic E-state index is 12.5. The number of aromatic nitrogens is 4. The summed E-state index contributed by atoms with van der Waals surface area (Å²) in [6.45, 7) is 0.0313. The molecule has 0 saturated heterocycles. The third kappa shape index (κ3) is 3.49. The zero-order valence-corrected chi connectivity index (χ0v) is 17.7. The second-order valence-corrected chi connectivity index (χ2v) is 9.63. The third-order valence-corrected chi connectivity index (χ3v) is 7.36. The van der Waals surface area contributed by atoms with E-state index >= 15 is 0 Å². The van der Waals surface area contributed by atoms with E-state index < -0.39 is 10.8 Å². The summed E-state index contributed by atoms with van der Waals surface area (Å²) >= 11 is 5.86. The van der Waals surface area contributed by atoms with Crippen LogP contribution in [0.15, 0.2) is 41.6 Å². The quantitative estimate of drug-likeness (QED) is 0.626. The summed E-state index contributed by atoms with van der Waals surface area (Å²) in [5.41, 5.74) is 2.16. The molecule has 2 aliphatic rings. The molecule has 7 nitrogen and oxygen atoms in total. The van der Waals surface area contributed by atoms with Crippen molar-refractivity contribution < 1.29 is 9.32 Å². The van der Waals surface area contributed by atoms with Gasteiger partial charge >= 0.3 is 0 Å². The Morgan fingerprint density at radius 3 is 2.33 bits per heavy atom. The second-order valence-electron chi connectivity index (χ2n) is 7.69. The molecule has 3 heterocycles. The normalized spacial score (nSPS) is 19.2. The topological polar surface area (TPSA) is 101 Å².